The fourth-order valence-corrected chi connectivity index (χ4v) is 4.10. The van der Waals surface area contributed by atoms with Crippen LogP contribution in [0, 0.1) is 5.41 Å². The number of nitrogens with two attached hydrogens (primary N) is 1. The van der Waals surface area contributed by atoms with Crippen molar-refractivity contribution in [1.29, 1.82) is 0 Å². The van der Waals surface area contributed by atoms with Crippen LogP contribution in [-0.4, -0.2) is 19.7 Å². The van der Waals surface area contributed by atoms with Crippen molar-refractivity contribution in [3.05, 3.63) is 53.6 Å². The van der Waals surface area contributed by atoms with E-state index >= 15 is 0 Å². The Morgan fingerprint density at radius 3 is 2.64 bits per heavy atom. The van der Waals surface area contributed by atoms with Gasteiger partial charge in [-0.05, 0) is 58.7 Å². The molecule has 1 atom stereocenters. The van der Waals surface area contributed by atoms with Gasteiger partial charge in [0.05, 0.1) is 7.11 Å². The number of nitrogens with zero attached hydrogens (tertiary/aromatic N) is 1. The molecule has 0 amide bonds. The number of benzene rings is 2. The van der Waals surface area contributed by atoms with Gasteiger partial charge in [0.2, 0.25) is 0 Å². The highest BCUT2D eigenvalue weighted by molar-refractivity contribution is 5.75. The van der Waals surface area contributed by atoms with Crippen LogP contribution in [0.1, 0.15) is 31.4 Å². The topological polar surface area (TPSA) is 56.8 Å². The lowest BCUT2D eigenvalue weighted by molar-refractivity contribution is 0.0990. The molecule has 2 aliphatic rings. The van der Waals surface area contributed by atoms with Crippen LogP contribution >= 0.6 is 0 Å². The van der Waals surface area contributed by atoms with Gasteiger partial charge < -0.3 is 15.2 Å². The van der Waals surface area contributed by atoms with E-state index in [0.29, 0.717) is 12.6 Å². The van der Waals surface area contributed by atoms with E-state index in [2.05, 4.69) is 44.2 Å². The smallest absolute Gasteiger partial charge is 0.283 e. The summed E-state index contributed by atoms with van der Waals surface area (Å²) >= 11 is 0. The lowest BCUT2D eigenvalue weighted by atomic mass is 9.61. The number of aliphatic imine (C=N–C) groups is 1. The predicted molar refractivity (Wildman–Crippen MR) is 99.8 cm³/mol. The summed E-state index contributed by atoms with van der Waals surface area (Å²) in [6.45, 7) is 5.04. The fourth-order valence-electron chi connectivity index (χ4n) is 4.10. The number of hydrogen-bond donors (Lipinski definition) is 1. The second-order valence-electron chi connectivity index (χ2n) is 7.59. The van der Waals surface area contributed by atoms with Gasteiger partial charge in [0, 0.05) is 0 Å². The number of fused-ring (bicyclic) bond motifs is 2. The summed E-state index contributed by atoms with van der Waals surface area (Å²) in [5.41, 5.74) is 10.4. The Labute approximate surface area is 148 Å². The van der Waals surface area contributed by atoms with Crippen LogP contribution in [0.5, 0.6) is 5.75 Å². The average Bonchev–Trinajstić information content (AvgIpc) is 3.02. The van der Waals surface area contributed by atoms with Crippen molar-refractivity contribution in [3.8, 4) is 16.9 Å². The highest BCUT2D eigenvalue weighted by atomic mass is 16.5. The van der Waals surface area contributed by atoms with Gasteiger partial charge in [-0.25, -0.2) is 4.99 Å². The fraction of sp³-hybridized carbons (Fsp3) is 0.381. The van der Waals surface area contributed by atoms with E-state index in [4.69, 9.17) is 20.2 Å². The molecule has 1 spiro atoms. The summed E-state index contributed by atoms with van der Waals surface area (Å²) in [6, 6.07) is 15.1. The maximum absolute atomic E-state index is 5.92. The summed E-state index contributed by atoms with van der Waals surface area (Å²) in [4.78, 5) is 4.79. The Morgan fingerprint density at radius 2 is 1.92 bits per heavy atom. The van der Waals surface area contributed by atoms with Crippen LogP contribution in [0.25, 0.3) is 11.1 Å². The highest BCUT2D eigenvalue weighted by Crippen LogP contribution is 2.53. The Morgan fingerprint density at radius 1 is 1.12 bits per heavy atom. The molecule has 2 aromatic carbocycles. The van der Waals surface area contributed by atoms with Crippen molar-refractivity contribution in [3.63, 3.8) is 0 Å². The largest absolute Gasteiger partial charge is 0.497 e. The van der Waals surface area contributed by atoms with Gasteiger partial charge in [-0.1, -0.05) is 38.1 Å². The molecule has 130 valence electrons. The quantitative estimate of drug-likeness (QED) is 0.905. The number of rotatable bonds is 2. The van der Waals surface area contributed by atoms with Crippen LogP contribution in [0.15, 0.2) is 47.5 Å². The van der Waals surface area contributed by atoms with Gasteiger partial charge in [-0.3, -0.25) is 0 Å². The molecule has 4 nitrogen and oxygen atoms in total. The molecule has 1 aliphatic heterocycles. The normalized spacial score (nSPS) is 23.7. The first kappa shape index (κ1) is 16.0. The second-order valence-corrected chi connectivity index (χ2v) is 7.59. The van der Waals surface area contributed by atoms with Gasteiger partial charge in [0.25, 0.3) is 6.02 Å². The Kier molecular flexibility index (Phi) is 3.53. The standard InChI is InChI=1S/C21H24N2O2/c1-20(2)10-9-14-7-8-16(15-5-4-6-17(11-15)24-3)12-18(14)21(20)13-25-19(22)23-21/h4-8,11-12H,9-10,13H2,1-3H3,(H2,22,23). The van der Waals surface area contributed by atoms with E-state index in [1.165, 1.54) is 11.1 Å². The van der Waals surface area contributed by atoms with Crippen molar-refractivity contribution in [1.82, 2.24) is 0 Å². The molecule has 0 bridgehead atoms. The molecule has 1 unspecified atom stereocenters. The summed E-state index contributed by atoms with van der Waals surface area (Å²) in [6.07, 6.45) is 2.12. The molecule has 1 heterocycles. The van der Waals surface area contributed by atoms with Crippen molar-refractivity contribution >= 4 is 6.02 Å². The predicted octanol–water partition coefficient (Wildman–Crippen LogP) is 3.87. The van der Waals surface area contributed by atoms with E-state index in [0.717, 1.165) is 29.7 Å². The molecule has 4 rings (SSSR count). The third-order valence-corrected chi connectivity index (χ3v) is 5.83. The maximum Gasteiger partial charge on any atom is 0.283 e. The Hall–Kier alpha value is -2.49. The van der Waals surface area contributed by atoms with Crippen LogP contribution in [0.4, 0.5) is 0 Å². The number of amidine groups is 1. The van der Waals surface area contributed by atoms with E-state index in [9.17, 15) is 0 Å². The molecule has 0 aromatic heterocycles. The molecule has 1 aliphatic carbocycles. The summed E-state index contributed by atoms with van der Waals surface area (Å²) in [5, 5.41) is 0. The number of hydrogen-bond acceptors (Lipinski definition) is 4. The monoisotopic (exact) mass is 336 g/mol. The Bertz CT molecular complexity index is 857. The summed E-state index contributed by atoms with van der Waals surface area (Å²) in [5.74, 6) is 0.858. The molecule has 2 aromatic rings. The van der Waals surface area contributed by atoms with E-state index in [-0.39, 0.29) is 5.41 Å². The first-order valence-corrected chi connectivity index (χ1v) is 8.71. The average molecular weight is 336 g/mol. The molecule has 25 heavy (non-hydrogen) atoms. The van der Waals surface area contributed by atoms with Crippen LogP contribution in [0.2, 0.25) is 0 Å². The van der Waals surface area contributed by atoms with Crippen LogP contribution < -0.4 is 10.5 Å². The first-order chi connectivity index (χ1) is 11.9. The van der Waals surface area contributed by atoms with Crippen molar-refractivity contribution < 1.29 is 9.47 Å². The minimum atomic E-state index is -0.403. The summed E-state index contributed by atoms with van der Waals surface area (Å²) in [7, 11) is 1.69. The zero-order chi connectivity index (χ0) is 17.7. The zero-order valence-corrected chi connectivity index (χ0v) is 15.0. The molecule has 0 fully saturated rings. The summed E-state index contributed by atoms with van der Waals surface area (Å²) < 4.78 is 11.0. The minimum absolute atomic E-state index is 0.00583. The third kappa shape index (κ3) is 2.39. The SMILES string of the molecule is COc1cccc(-c2ccc3c(c2)C2(COC(N)=N2)C(C)(C)CC3)c1. The van der Waals surface area contributed by atoms with E-state index in [1.54, 1.807) is 7.11 Å². The number of aryl methyl sites for hydroxylation is 1. The minimum Gasteiger partial charge on any atom is -0.497 e. The third-order valence-electron chi connectivity index (χ3n) is 5.83. The lowest BCUT2D eigenvalue weighted by Crippen LogP contribution is -2.45. The Balaban J connectivity index is 1.88. The van der Waals surface area contributed by atoms with E-state index < -0.39 is 5.54 Å². The maximum atomic E-state index is 5.92. The van der Waals surface area contributed by atoms with Gasteiger partial charge in [-0.15, -0.1) is 0 Å². The highest BCUT2D eigenvalue weighted by Gasteiger charge is 2.53. The molecule has 0 radical (unpaired) electrons. The van der Waals surface area contributed by atoms with Gasteiger partial charge in [0.1, 0.15) is 17.9 Å². The zero-order valence-electron chi connectivity index (χ0n) is 15.0. The molecule has 4 heteroatoms. The lowest BCUT2D eigenvalue weighted by Gasteiger charge is -2.45. The molecule has 2 N–H and O–H groups in total. The van der Waals surface area contributed by atoms with Gasteiger partial charge >= 0.3 is 0 Å². The van der Waals surface area contributed by atoms with Crippen molar-refractivity contribution in [2.75, 3.05) is 13.7 Å². The van der Waals surface area contributed by atoms with Gasteiger partial charge in [-0.2, -0.15) is 0 Å². The van der Waals surface area contributed by atoms with Crippen molar-refractivity contribution in [2.24, 2.45) is 16.1 Å². The van der Waals surface area contributed by atoms with Gasteiger partial charge in [0.15, 0.2) is 0 Å². The molecular weight excluding hydrogens is 312 g/mol. The molecular formula is C21H24N2O2. The molecule has 0 saturated heterocycles. The van der Waals surface area contributed by atoms with E-state index in [1.807, 2.05) is 12.1 Å². The second kappa shape index (κ2) is 5.51. The first-order valence-electron chi connectivity index (χ1n) is 8.71. The van der Waals surface area contributed by atoms with Crippen LogP contribution in [-0.2, 0) is 16.7 Å². The van der Waals surface area contributed by atoms with Crippen molar-refractivity contribution in [2.45, 2.75) is 32.2 Å². The van der Waals surface area contributed by atoms with Crippen LogP contribution in [0.3, 0.4) is 0 Å². The number of methoxy groups -OCH3 is 1. The number of ether oxygens (including phenoxy) is 2. The molecule has 0 saturated carbocycles.